The molecule has 1 aromatic rings. The van der Waals surface area contributed by atoms with Crippen LogP contribution in [0.1, 0.15) is 45.4 Å². The van der Waals surface area contributed by atoms with Crippen molar-refractivity contribution >= 4 is 29.9 Å². The molecule has 5 nitrogen and oxygen atoms in total. The van der Waals surface area contributed by atoms with Gasteiger partial charge in [0.25, 0.3) is 0 Å². The van der Waals surface area contributed by atoms with Crippen LogP contribution in [0, 0.1) is 0 Å². The summed E-state index contributed by atoms with van der Waals surface area (Å²) in [6, 6.07) is 4.14. The lowest BCUT2D eigenvalue weighted by molar-refractivity contribution is 0.221. The van der Waals surface area contributed by atoms with Crippen LogP contribution in [0.25, 0.3) is 0 Å². The molecule has 1 unspecified atom stereocenters. The predicted molar refractivity (Wildman–Crippen MR) is 97.0 cm³/mol. The third-order valence-corrected chi connectivity index (χ3v) is 3.39. The third-order valence-electron chi connectivity index (χ3n) is 3.39. The lowest BCUT2D eigenvalue weighted by Gasteiger charge is -2.25. The average molecular weight is 406 g/mol. The number of halogens is 1. The molecular formula is C15H27IN4O. The van der Waals surface area contributed by atoms with Crippen LogP contribution in [0.4, 0.5) is 0 Å². The van der Waals surface area contributed by atoms with Crippen LogP contribution in [-0.2, 0) is 0 Å². The fraction of sp³-hybridized carbons (Fsp3) is 0.667. The zero-order valence-corrected chi connectivity index (χ0v) is 15.5. The van der Waals surface area contributed by atoms with E-state index >= 15 is 0 Å². The third kappa shape index (κ3) is 5.86. The van der Waals surface area contributed by atoms with Gasteiger partial charge in [-0.1, -0.05) is 0 Å². The van der Waals surface area contributed by atoms with E-state index < -0.39 is 0 Å². The molecule has 6 heteroatoms. The number of nitrogens with zero attached hydrogens (tertiary/aromatic N) is 2. The van der Waals surface area contributed by atoms with Gasteiger partial charge in [-0.15, -0.1) is 24.0 Å². The fourth-order valence-electron chi connectivity index (χ4n) is 2.53. The van der Waals surface area contributed by atoms with Crippen LogP contribution in [0.5, 0.6) is 0 Å². The minimum Gasteiger partial charge on any atom is -0.468 e. The molecular weight excluding hydrogens is 379 g/mol. The van der Waals surface area contributed by atoms with Crippen molar-refractivity contribution < 1.29 is 4.42 Å². The van der Waals surface area contributed by atoms with Gasteiger partial charge in [-0.05, 0) is 58.8 Å². The smallest absolute Gasteiger partial charge is 0.189 e. The molecule has 1 atom stereocenters. The number of furan rings is 1. The van der Waals surface area contributed by atoms with Crippen molar-refractivity contribution in [3.05, 3.63) is 24.2 Å². The molecule has 0 saturated carbocycles. The highest BCUT2D eigenvalue weighted by atomic mass is 127. The van der Waals surface area contributed by atoms with Gasteiger partial charge in [-0.25, -0.2) is 0 Å². The van der Waals surface area contributed by atoms with Crippen LogP contribution in [-0.4, -0.2) is 36.0 Å². The molecule has 120 valence electrons. The molecule has 2 heterocycles. The first-order valence-electron chi connectivity index (χ1n) is 7.31. The van der Waals surface area contributed by atoms with Crippen LogP contribution in [0.15, 0.2) is 27.8 Å². The monoisotopic (exact) mass is 406 g/mol. The van der Waals surface area contributed by atoms with E-state index in [4.69, 9.17) is 10.2 Å². The quantitative estimate of drug-likeness (QED) is 0.459. The normalized spacial score (nSPS) is 18.3. The molecule has 1 aromatic heterocycles. The lowest BCUT2D eigenvalue weighted by Crippen LogP contribution is -2.45. The predicted octanol–water partition coefficient (Wildman–Crippen LogP) is 2.74. The number of nitrogens with two attached hydrogens (primary N) is 1. The van der Waals surface area contributed by atoms with E-state index in [1.54, 1.807) is 6.26 Å². The van der Waals surface area contributed by atoms with E-state index in [9.17, 15) is 0 Å². The van der Waals surface area contributed by atoms with Crippen LogP contribution < -0.4 is 11.1 Å². The maximum absolute atomic E-state index is 5.95. The second kappa shape index (κ2) is 8.03. The Bertz CT molecular complexity index is 433. The van der Waals surface area contributed by atoms with E-state index in [-0.39, 0.29) is 35.6 Å². The molecule has 0 radical (unpaired) electrons. The van der Waals surface area contributed by atoms with Crippen LogP contribution >= 0.6 is 24.0 Å². The van der Waals surface area contributed by atoms with E-state index in [0.29, 0.717) is 12.5 Å². The first-order valence-corrected chi connectivity index (χ1v) is 7.31. The highest BCUT2D eigenvalue weighted by Gasteiger charge is 2.25. The van der Waals surface area contributed by atoms with Crippen molar-refractivity contribution in [2.75, 3.05) is 19.6 Å². The molecule has 2 rings (SSSR count). The summed E-state index contributed by atoms with van der Waals surface area (Å²) in [5, 5.41) is 3.19. The maximum atomic E-state index is 5.95. The largest absolute Gasteiger partial charge is 0.468 e. The number of hydrogen-bond acceptors (Lipinski definition) is 3. The Kier molecular flexibility index (Phi) is 6.99. The highest BCUT2D eigenvalue weighted by molar-refractivity contribution is 14.0. The number of likely N-dealkylation sites (tertiary alicyclic amines) is 1. The molecule has 0 amide bonds. The maximum Gasteiger partial charge on any atom is 0.189 e. The molecule has 0 spiro atoms. The zero-order valence-electron chi connectivity index (χ0n) is 13.1. The number of aliphatic imine (C=N–C) groups is 1. The van der Waals surface area contributed by atoms with Gasteiger partial charge in [-0.3, -0.25) is 9.89 Å². The van der Waals surface area contributed by atoms with Gasteiger partial charge in [-0.2, -0.15) is 0 Å². The fourth-order valence-corrected chi connectivity index (χ4v) is 2.53. The Labute approximate surface area is 144 Å². The Hall–Kier alpha value is -0.760. The van der Waals surface area contributed by atoms with Gasteiger partial charge in [0, 0.05) is 5.54 Å². The summed E-state index contributed by atoms with van der Waals surface area (Å²) in [5.74, 6) is 1.47. The van der Waals surface area contributed by atoms with Gasteiger partial charge < -0.3 is 15.5 Å². The number of hydrogen-bond donors (Lipinski definition) is 2. The van der Waals surface area contributed by atoms with Gasteiger partial charge in [0.2, 0.25) is 0 Å². The molecule has 1 saturated heterocycles. The molecule has 1 aliphatic heterocycles. The summed E-state index contributed by atoms with van der Waals surface area (Å²) >= 11 is 0. The summed E-state index contributed by atoms with van der Waals surface area (Å²) in [5.41, 5.74) is 5.88. The van der Waals surface area contributed by atoms with E-state index in [2.05, 4.69) is 36.0 Å². The van der Waals surface area contributed by atoms with Crippen molar-refractivity contribution in [3.8, 4) is 0 Å². The Balaban J connectivity index is 0.00000220. The Morgan fingerprint density at radius 1 is 1.43 bits per heavy atom. The van der Waals surface area contributed by atoms with E-state index in [1.807, 2.05) is 12.1 Å². The molecule has 3 N–H and O–H groups in total. The van der Waals surface area contributed by atoms with Crippen molar-refractivity contribution in [2.24, 2.45) is 10.7 Å². The average Bonchev–Trinajstić information content (AvgIpc) is 2.98. The molecule has 0 bridgehead atoms. The molecule has 0 aromatic carbocycles. The highest BCUT2D eigenvalue weighted by Crippen LogP contribution is 2.25. The summed E-state index contributed by atoms with van der Waals surface area (Å²) in [4.78, 5) is 6.92. The van der Waals surface area contributed by atoms with E-state index in [0.717, 1.165) is 18.8 Å². The zero-order chi connectivity index (χ0) is 14.6. The number of nitrogens with one attached hydrogen (secondary N) is 1. The minimum atomic E-state index is -0.0680. The summed E-state index contributed by atoms with van der Waals surface area (Å²) in [6.07, 6.45) is 4.21. The van der Waals surface area contributed by atoms with Crippen LogP contribution in [0.3, 0.4) is 0 Å². The van der Waals surface area contributed by atoms with Gasteiger partial charge in [0.1, 0.15) is 5.76 Å². The SMILES string of the molecule is CC(C)(C)NC(N)=NCC(c1ccco1)N1CCCC1.I. The first kappa shape index (κ1) is 18.3. The summed E-state index contributed by atoms with van der Waals surface area (Å²) in [7, 11) is 0. The number of guanidine groups is 1. The Morgan fingerprint density at radius 3 is 2.62 bits per heavy atom. The topological polar surface area (TPSA) is 66.8 Å². The van der Waals surface area contributed by atoms with Crippen molar-refractivity contribution in [1.29, 1.82) is 0 Å². The van der Waals surface area contributed by atoms with Crippen molar-refractivity contribution in [3.63, 3.8) is 0 Å². The molecule has 1 aliphatic rings. The molecule has 0 aliphatic carbocycles. The Morgan fingerprint density at radius 2 is 2.10 bits per heavy atom. The van der Waals surface area contributed by atoms with Gasteiger partial charge in [0.05, 0.1) is 18.8 Å². The standard InChI is InChI=1S/C15H26N4O.HI/c1-15(2,3)18-14(16)17-11-12(13-7-6-10-20-13)19-8-4-5-9-19;/h6-7,10,12H,4-5,8-9,11H2,1-3H3,(H3,16,17,18);1H. The molecule has 21 heavy (non-hydrogen) atoms. The summed E-state index contributed by atoms with van der Waals surface area (Å²) in [6.45, 7) is 9.04. The van der Waals surface area contributed by atoms with Crippen molar-refractivity contribution in [1.82, 2.24) is 10.2 Å². The van der Waals surface area contributed by atoms with E-state index in [1.165, 1.54) is 12.8 Å². The van der Waals surface area contributed by atoms with Gasteiger partial charge in [0.15, 0.2) is 5.96 Å². The first-order chi connectivity index (χ1) is 9.46. The lowest BCUT2D eigenvalue weighted by atomic mass is 10.1. The van der Waals surface area contributed by atoms with Crippen molar-refractivity contribution in [2.45, 2.75) is 45.2 Å². The molecule has 1 fully saturated rings. The second-order valence-electron chi connectivity index (χ2n) is 6.38. The summed E-state index contributed by atoms with van der Waals surface area (Å²) < 4.78 is 5.57. The van der Waals surface area contributed by atoms with Crippen LogP contribution in [0.2, 0.25) is 0 Å². The minimum absolute atomic E-state index is 0. The van der Waals surface area contributed by atoms with Gasteiger partial charge >= 0.3 is 0 Å². The number of rotatable bonds is 4. The second-order valence-corrected chi connectivity index (χ2v) is 6.38.